The minimum Gasteiger partial charge on any atom is -0.448 e. The molecule has 42 heavy (non-hydrogen) atoms. The lowest BCUT2D eigenvalue weighted by Crippen LogP contribution is -2.41. The number of anilines is 1. The van der Waals surface area contributed by atoms with Gasteiger partial charge in [0.05, 0.1) is 35.6 Å². The third kappa shape index (κ3) is 6.35. The summed E-state index contributed by atoms with van der Waals surface area (Å²) < 4.78 is 26.0. The molecule has 1 saturated heterocycles. The predicted octanol–water partition coefficient (Wildman–Crippen LogP) is 4.99. The third-order valence-corrected chi connectivity index (χ3v) is 8.07. The van der Waals surface area contributed by atoms with E-state index in [4.69, 9.17) is 9.47 Å². The molecule has 2 N–H and O–H groups in total. The average Bonchev–Trinajstić information content (AvgIpc) is 3.55. The average molecular weight is 594 g/mol. The zero-order valence-corrected chi connectivity index (χ0v) is 24.4. The van der Waals surface area contributed by atoms with Crippen LogP contribution in [0.25, 0.3) is 10.2 Å². The molecule has 0 spiro atoms. The van der Waals surface area contributed by atoms with Crippen LogP contribution < -0.4 is 10.6 Å². The number of nitrogens with one attached hydrogen (secondary N) is 2. The first-order valence-corrected chi connectivity index (χ1v) is 14.5. The normalized spacial score (nSPS) is 14.1. The molecular formula is C30H32FN5O5S. The van der Waals surface area contributed by atoms with Crippen LogP contribution in [0.15, 0.2) is 54.6 Å². The van der Waals surface area contributed by atoms with Gasteiger partial charge in [0.1, 0.15) is 10.6 Å². The van der Waals surface area contributed by atoms with E-state index in [0.717, 1.165) is 41.2 Å². The van der Waals surface area contributed by atoms with Crippen molar-refractivity contribution >= 4 is 45.3 Å². The SMILES string of the molecule is CCOC(=O)n1nc(NC(=O)c2ccc(CN3CCOCC3)cc2)c2cc(C(=O)NC(C)(C)c3ccccc3F)sc21. The summed E-state index contributed by atoms with van der Waals surface area (Å²) in [6.45, 7) is 9.11. The zero-order valence-electron chi connectivity index (χ0n) is 23.6. The number of benzene rings is 2. The maximum atomic E-state index is 14.5. The number of fused-ring (bicyclic) bond motifs is 1. The number of carbonyl (C=O) groups excluding carboxylic acids is 3. The van der Waals surface area contributed by atoms with Crippen LogP contribution in [-0.2, 0) is 21.6 Å². The number of hydrogen-bond acceptors (Lipinski definition) is 8. The van der Waals surface area contributed by atoms with Gasteiger partial charge < -0.3 is 20.1 Å². The van der Waals surface area contributed by atoms with Gasteiger partial charge in [-0.15, -0.1) is 16.4 Å². The molecule has 0 aliphatic carbocycles. The van der Waals surface area contributed by atoms with E-state index in [-0.39, 0.29) is 17.3 Å². The van der Waals surface area contributed by atoms with Gasteiger partial charge in [-0.2, -0.15) is 4.68 Å². The summed E-state index contributed by atoms with van der Waals surface area (Å²) in [7, 11) is 0. The predicted molar refractivity (Wildman–Crippen MR) is 157 cm³/mol. The molecule has 0 radical (unpaired) electrons. The molecule has 1 aliphatic rings. The van der Waals surface area contributed by atoms with Crippen LogP contribution in [0.4, 0.5) is 15.0 Å². The first kappa shape index (κ1) is 29.4. The fourth-order valence-electron chi connectivity index (χ4n) is 4.76. The molecule has 0 atom stereocenters. The van der Waals surface area contributed by atoms with Gasteiger partial charge in [-0.25, -0.2) is 9.18 Å². The Morgan fingerprint density at radius 1 is 1.07 bits per heavy atom. The van der Waals surface area contributed by atoms with Crippen molar-refractivity contribution in [3.8, 4) is 0 Å². The fourth-order valence-corrected chi connectivity index (χ4v) is 5.76. The van der Waals surface area contributed by atoms with Crippen molar-refractivity contribution < 1.29 is 28.2 Å². The van der Waals surface area contributed by atoms with Gasteiger partial charge in [0, 0.05) is 30.8 Å². The van der Waals surface area contributed by atoms with Gasteiger partial charge in [-0.05, 0) is 50.6 Å². The van der Waals surface area contributed by atoms with Gasteiger partial charge in [-0.1, -0.05) is 30.3 Å². The summed E-state index contributed by atoms with van der Waals surface area (Å²) in [5.41, 5.74) is 0.811. The lowest BCUT2D eigenvalue weighted by molar-refractivity contribution is 0.0342. The van der Waals surface area contributed by atoms with Crippen molar-refractivity contribution in [3.63, 3.8) is 0 Å². The number of carbonyl (C=O) groups is 3. The molecule has 4 aromatic rings. The van der Waals surface area contributed by atoms with Gasteiger partial charge >= 0.3 is 6.09 Å². The lowest BCUT2D eigenvalue weighted by Gasteiger charge is -2.27. The molecular weight excluding hydrogens is 561 g/mol. The fraction of sp³-hybridized carbons (Fsp3) is 0.333. The number of hydrogen-bond donors (Lipinski definition) is 2. The topological polar surface area (TPSA) is 115 Å². The summed E-state index contributed by atoms with van der Waals surface area (Å²) >= 11 is 1.02. The van der Waals surface area contributed by atoms with E-state index in [9.17, 15) is 18.8 Å². The molecule has 2 aromatic carbocycles. The van der Waals surface area contributed by atoms with E-state index < -0.39 is 29.3 Å². The molecule has 0 unspecified atom stereocenters. The van der Waals surface area contributed by atoms with Crippen LogP contribution >= 0.6 is 11.3 Å². The monoisotopic (exact) mass is 593 g/mol. The number of amides is 2. The maximum Gasteiger partial charge on any atom is 0.436 e. The molecule has 0 saturated carbocycles. The Labute approximate surface area is 246 Å². The third-order valence-electron chi connectivity index (χ3n) is 6.96. The summed E-state index contributed by atoms with van der Waals surface area (Å²) in [5.74, 6) is -1.20. The van der Waals surface area contributed by atoms with Crippen molar-refractivity contribution in [1.29, 1.82) is 0 Å². The Hall–Kier alpha value is -4.13. The van der Waals surface area contributed by atoms with Crippen molar-refractivity contribution in [3.05, 3.63) is 82.0 Å². The van der Waals surface area contributed by atoms with Crippen molar-refractivity contribution in [2.24, 2.45) is 0 Å². The second-order valence-electron chi connectivity index (χ2n) is 10.4. The molecule has 5 rings (SSSR count). The standard InChI is InChI=1S/C30H32FN5O5S/c1-4-41-29(39)36-28-21(17-24(42-28)27(38)33-30(2,3)22-7-5-6-8-23(22)31)25(34-36)32-26(37)20-11-9-19(10-12-20)18-35-13-15-40-16-14-35/h5-12,17H,4,13-16,18H2,1-3H3,(H,33,38)(H,32,34,37). The molecule has 2 aromatic heterocycles. The lowest BCUT2D eigenvalue weighted by atomic mass is 9.93. The van der Waals surface area contributed by atoms with E-state index in [1.807, 2.05) is 12.1 Å². The van der Waals surface area contributed by atoms with Crippen LogP contribution in [0, 0.1) is 5.82 Å². The van der Waals surface area contributed by atoms with Crippen molar-refractivity contribution in [2.75, 3.05) is 38.2 Å². The van der Waals surface area contributed by atoms with E-state index >= 15 is 0 Å². The maximum absolute atomic E-state index is 14.5. The first-order valence-electron chi connectivity index (χ1n) is 13.6. The van der Waals surface area contributed by atoms with E-state index in [1.54, 1.807) is 57.2 Å². The van der Waals surface area contributed by atoms with Crippen molar-refractivity contribution in [2.45, 2.75) is 32.9 Å². The number of morpholine rings is 1. The van der Waals surface area contributed by atoms with E-state index in [0.29, 0.717) is 34.6 Å². The van der Waals surface area contributed by atoms with Crippen LogP contribution in [-0.4, -0.2) is 65.5 Å². The zero-order chi connectivity index (χ0) is 29.9. The quantitative estimate of drug-likeness (QED) is 0.296. The second-order valence-corrected chi connectivity index (χ2v) is 11.4. The Morgan fingerprint density at radius 3 is 2.48 bits per heavy atom. The van der Waals surface area contributed by atoms with Crippen LogP contribution in [0.3, 0.4) is 0 Å². The Bertz CT molecular complexity index is 1610. The van der Waals surface area contributed by atoms with Crippen LogP contribution in [0.1, 0.15) is 51.9 Å². The van der Waals surface area contributed by atoms with Crippen LogP contribution in [0.2, 0.25) is 0 Å². The highest BCUT2D eigenvalue weighted by atomic mass is 32.1. The minimum atomic E-state index is -1.02. The molecule has 3 heterocycles. The number of aromatic nitrogens is 2. The molecule has 12 heteroatoms. The largest absolute Gasteiger partial charge is 0.448 e. The summed E-state index contributed by atoms with van der Waals surface area (Å²) in [5, 5.41) is 10.3. The Morgan fingerprint density at radius 2 is 1.79 bits per heavy atom. The molecule has 0 bridgehead atoms. The summed E-state index contributed by atoms with van der Waals surface area (Å²) in [6, 6.07) is 15.1. The number of rotatable bonds is 8. The number of halogens is 1. The van der Waals surface area contributed by atoms with Crippen molar-refractivity contribution in [1.82, 2.24) is 20.0 Å². The first-order chi connectivity index (χ1) is 20.2. The molecule has 2 amide bonds. The molecule has 10 nitrogen and oxygen atoms in total. The van der Waals surface area contributed by atoms with E-state index in [1.165, 1.54) is 6.07 Å². The van der Waals surface area contributed by atoms with Gasteiger partial charge in [-0.3, -0.25) is 14.5 Å². The van der Waals surface area contributed by atoms with Gasteiger partial charge in [0.2, 0.25) is 0 Å². The number of ether oxygens (including phenoxy) is 2. The van der Waals surface area contributed by atoms with E-state index in [2.05, 4.69) is 20.6 Å². The number of thiophene rings is 1. The number of nitrogens with zero attached hydrogens (tertiary/aromatic N) is 3. The highest BCUT2D eigenvalue weighted by Gasteiger charge is 2.29. The summed E-state index contributed by atoms with van der Waals surface area (Å²) in [4.78, 5) is 42.0. The molecule has 220 valence electrons. The molecule has 1 fully saturated rings. The van der Waals surface area contributed by atoms with Crippen LogP contribution in [0.5, 0.6) is 0 Å². The summed E-state index contributed by atoms with van der Waals surface area (Å²) in [6.07, 6.45) is -0.740. The molecule has 1 aliphatic heterocycles. The highest BCUT2D eigenvalue weighted by Crippen LogP contribution is 2.33. The Balaban J connectivity index is 1.38. The minimum absolute atomic E-state index is 0.115. The van der Waals surface area contributed by atoms with Gasteiger partial charge in [0.25, 0.3) is 11.8 Å². The Kier molecular flexibility index (Phi) is 8.66. The highest BCUT2D eigenvalue weighted by molar-refractivity contribution is 7.20. The smallest absolute Gasteiger partial charge is 0.436 e. The second kappa shape index (κ2) is 12.4. The van der Waals surface area contributed by atoms with Gasteiger partial charge in [0.15, 0.2) is 5.82 Å².